The van der Waals surface area contributed by atoms with E-state index in [4.69, 9.17) is 9.15 Å². The molecule has 1 aromatic heterocycles. The molecule has 0 radical (unpaired) electrons. The van der Waals surface area contributed by atoms with Crippen LogP contribution in [-0.4, -0.2) is 32.2 Å². The van der Waals surface area contributed by atoms with Crippen LogP contribution in [0.15, 0.2) is 46.9 Å². The van der Waals surface area contributed by atoms with Crippen molar-refractivity contribution < 1.29 is 13.9 Å². The Morgan fingerprint density at radius 3 is 2.70 bits per heavy atom. The molecule has 0 aliphatic carbocycles. The molecule has 2 aromatic rings. The molecule has 5 nitrogen and oxygen atoms in total. The van der Waals surface area contributed by atoms with E-state index in [1.165, 1.54) is 6.08 Å². The van der Waals surface area contributed by atoms with E-state index in [2.05, 4.69) is 32.8 Å². The van der Waals surface area contributed by atoms with Gasteiger partial charge in [0.05, 0.1) is 24.6 Å². The Hall–Kier alpha value is -1.80. The number of amides is 1. The predicted octanol–water partition coefficient (Wildman–Crippen LogP) is 3.37. The zero-order valence-electron chi connectivity index (χ0n) is 12.5. The molecule has 1 aliphatic rings. The highest BCUT2D eigenvalue weighted by molar-refractivity contribution is 14.1. The van der Waals surface area contributed by atoms with Gasteiger partial charge >= 0.3 is 0 Å². The first-order valence-corrected chi connectivity index (χ1v) is 8.46. The van der Waals surface area contributed by atoms with Crippen LogP contribution in [0, 0.1) is 3.77 Å². The number of benzene rings is 1. The maximum atomic E-state index is 12.1. The quantitative estimate of drug-likeness (QED) is 0.604. The molecule has 1 amide bonds. The second kappa shape index (κ2) is 7.65. The Labute approximate surface area is 148 Å². The standard InChI is InChI=1S/C17H17IN2O3/c18-16-7-5-13(23-16)6-8-17(21)19-14-3-1-2-4-15(14)20-9-11-22-12-10-20/h1-8H,9-12H2,(H,19,21)/b8-6+. The van der Waals surface area contributed by atoms with E-state index in [0.29, 0.717) is 19.0 Å². The molecular weight excluding hydrogens is 407 g/mol. The molecule has 1 saturated heterocycles. The molecule has 23 heavy (non-hydrogen) atoms. The maximum absolute atomic E-state index is 12.1. The summed E-state index contributed by atoms with van der Waals surface area (Å²) in [4.78, 5) is 14.4. The van der Waals surface area contributed by atoms with Crippen LogP contribution in [0.1, 0.15) is 5.76 Å². The summed E-state index contributed by atoms with van der Waals surface area (Å²) in [7, 11) is 0. The van der Waals surface area contributed by atoms with Gasteiger partial charge in [-0.25, -0.2) is 0 Å². The van der Waals surface area contributed by atoms with Crippen molar-refractivity contribution in [1.82, 2.24) is 0 Å². The van der Waals surface area contributed by atoms with Crippen LogP contribution in [0.3, 0.4) is 0 Å². The van der Waals surface area contributed by atoms with Gasteiger partial charge in [-0.1, -0.05) is 12.1 Å². The molecule has 1 N–H and O–H groups in total. The van der Waals surface area contributed by atoms with E-state index in [1.807, 2.05) is 36.4 Å². The van der Waals surface area contributed by atoms with Crippen molar-refractivity contribution in [3.8, 4) is 0 Å². The third-order valence-electron chi connectivity index (χ3n) is 3.51. The molecule has 0 atom stereocenters. The van der Waals surface area contributed by atoms with Crippen molar-refractivity contribution in [2.24, 2.45) is 0 Å². The van der Waals surface area contributed by atoms with Gasteiger partial charge in [-0.15, -0.1) is 0 Å². The fourth-order valence-corrected chi connectivity index (χ4v) is 2.84. The first-order chi connectivity index (χ1) is 11.2. The van der Waals surface area contributed by atoms with Gasteiger partial charge in [-0.3, -0.25) is 4.79 Å². The molecular formula is C17H17IN2O3. The lowest BCUT2D eigenvalue weighted by Crippen LogP contribution is -2.36. The summed E-state index contributed by atoms with van der Waals surface area (Å²) in [6.07, 6.45) is 3.14. The van der Waals surface area contributed by atoms with Crippen LogP contribution in [0.5, 0.6) is 0 Å². The highest BCUT2D eigenvalue weighted by Crippen LogP contribution is 2.26. The van der Waals surface area contributed by atoms with Crippen molar-refractivity contribution in [3.63, 3.8) is 0 Å². The van der Waals surface area contributed by atoms with Crippen LogP contribution in [0.2, 0.25) is 0 Å². The van der Waals surface area contributed by atoms with Gasteiger partial charge in [0.1, 0.15) is 5.76 Å². The van der Waals surface area contributed by atoms with Crippen LogP contribution in [-0.2, 0) is 9.53 Å². The Kier molecular flexibility index (Phi) is 5.35. The lowest BCUT2D eigenvalue weighted by molar-refractivity contribution is -0.111. The van der Waals surface area contributed by atoms with E-state index in [9.17, 15) is 4.79 Å². The van der Waals surface area contributed by atoms with Crippen LogP contribution in [0.25, 0.3) is 6.08 Å². The number of para-hydroxylation sites is 2. The van der Waals surface area contributed by atoms with Gasteiger partial charge in [0.25, 0.3) is 0 Å². The number of nitrogens with zero attached hydrogens (tertiary/aromatic N) is 1. The van der Waals surface area contributed by atoms with Crippen molar-refractivity contribution in [1.29, 1.82) is 0 Å². The van der Waals surface area contributed by atoms with Crippen molar-refractivity contribution in [3.05, 3.63) is 52.0 Å². The topological polar surface area (TPSA) is 54.7 Å². The number of ether oxygens (including phenoxy) is 1. The summed E-state index contributed by atoms with van der Waals surface area (Å²) in [5.41, 5.74) is 1.82. The van der Waals surface area contributed by atoms with E-state index in [0.717, 1.165) is 28.2 Å². The van der Waals surface area contributed by atoms with Crippen LogP contribution >= 0.6 is 22.6 Å². The SMILES string of the molecule is O=C(/C=C/c1ccc(I)o1)Nc1ccccc1N1CCOCC1. The number of furan rings is 1. The zero-order valence-corrected chi connectivity index (χ0v) is 14.7. The number of halogens is 1. The first-order valence-electron chi connectivity index (χ1n) is 7.38. The van der Waals surface area contributed by atoms with Crippen molar-refractivity contribution >= 4 is 45.9 Å². The maximum Gasteiger partial charge on any atom is 0.248 e. The molecule has 3 rings (SSSR count). The second-order valence-corrected chi connectivity index (χ2v) is 6.14. The third-order valence-corrected chi connectivity index (χ3v) is 4.09. The van der Waals surface area contributed by atoms with E-state index >= 15 is 0 Å². The average molecular weight is 424 g/mol. The van der Waals surface area contributed by atoms with Crippen molar-refractivity contribution in [2.45, 2.75) is 0 Å². The second-order valence-electron chi connectivity index (χ2n) is 5.08. The molecule has 1 aromatic carbocycles. The number of morpholine rings is 1. The van der Waals surface area contributed by atoms with Gasteiger partial charge in [0.15, 0.2) is 3.77 Å². The van der Waals surface area contributed by atoms with Crippen LogP contribution in [0.4, 0.5) is 11.4 Å². The number of rotatable bonds is 4. The van der Waals surface area contributed by atoms with E-state index in [-0.39, 0.29) is 5.91 Å². The minimum Gasteiger partial charge on any atom is -0.451 e. The summed E-state index contributed by atoms with van der Waals surface area (Å²) in [5, 5.41) is 2.93. The molecule has 0 unspecified atom stereocenters. The summed E-state index contributed by atoms with van der Waals surface area (Å²) in [6.45, 7) is 3.07. The minimum atomic E-state index is -0.183. The Bertz CT molecular complexity index is 705. The molecule has 120 valence electrons. The molecule has 6 heteroatoms. The smallest absolute Gasteiger partial charge is 0.248 e. The van der Waals surface area contributed by atoms with Gasteiger partial charge in [-0.2, -0.15) is 0 Å². The van der Waals surface area contributed by atoms with Gasteiger partial charge in [0, 0.05) is 19.2 Å². The Balaban J connectivity index is 1.69. The lowest BCUT2D eigenvalue weighted by atomic mass is 10.2. The van der Waals surface area contributed by atoms with Crippen LogP contribution < -0.4 is 10.2 Å². The number of hydrogen-bond donors (Lipinski definition) is 1. The van der Waals surface area contributed by atoms with E-state index in [1.54, 1.807) is 6.08 Å². The van der Waals surface area contributed by atoms with E-state index < -0.39 is 0 Å². The van der Waals surface area contributed by atoms with Crippen molar-refractivity contribution in [2.75, 3.05) is 36.5 Å². The van der Waals surface area contributed by atoms with Gasteiger partial charge < -0.3 is 19.4 Å². The fourth-order valence-electron chi connectivity index (χ4n) is 2.41. The summed E-state index contributed by atoms with van der Waals surface area (Å²) < 4.78 is 11.6. The van der Waals surface area contributed by atoms with Gasteiger partial charge in [-0.05, 0) is 52.9 Å². The molecule has 2 heterocycles. The highest BCUT2D eigenvalue weighted by Gasteiger charge is 2.15. The molecule has 0 saturated carbocycles. The predicted molar refractivity (Wildman–Crippen MR) is 98.6 cm³/mol. The monoisotopic (exact) mass is 424 g/mol. The Morgan fingerprint density at radius 2 is 1.96 bits per heavy atom. The molecule has 1 aliphatic heterocycles. The molecule has 0 spiro atoms. The lowest BCUT2D eigenvalue weighted by Gasteiger charge is -2.30. The number of hydrogen-bond acceptors (Lipinski definition) is 4. The number of carbonyl (C=O) groups is 1. The number of anilines is 2. The zero-order chi connectivity index (χ0) is 16.1. The molecule has 0 bridgehead atoms. The molecule has 1 fully saturated rings. The van der Waals surface area contributed by atoms with Gasteiger partial charge in [0.2, 0.25) is 5.91 Å². The summed E-state index contributed by atoms with van der Waals surface area (Å²) >= 11 is 2.09. The summed E-state index contributed by atoms with van der Waals surface area (Å²) in [6, 6.07) is 11.5. The Morgan fingerprint density at radius 1 is 1.17 bits per heavy atom. The number of nitrogens with one attached hydrogen (secondary N) is 1. The minimum absolute atomic E-state index is 0.183. The third kappa shape index (κ3) is 4.35. The fraction of sp³-hybridized carbons (Fsp3) is 0.235. The first kappa shape index (κ1) is 16.1. The largest absolute Gasteiger partial charge is 0.451 e. The number of carbonyl (C=O) groups excluding carboxylic acids is 1. The normalized spacial score (nSPS) is 15.1. The summed E-state index contributed by atoms with van der Waals surface area (Å²) in [5.74, 6) is 0.475. The average Bonchev–Trinajstić information content (AvgIpc) is 3.00. The highest BCUT2D eigenvalue weighted by atomic mass is 127.